The smallest absolute Gasteiger partial charge is 0.347 e. The zero-order valence-electron chi connectivity index (χ0n) is 19.7. The molecular weight excluding hydrogens is 451 g/mol. The van der Waals surface area contributed by atoms with Gasteiger partial charge < -0.3 is 4.57 Å². The summed E-state index contributed by atoms with van der Waals surface area (Å²) in [7, 11) is -0.771. The largest absolute Gasteiger partial charge is 0.417 e. The molecule has 5 nitrogen and oxygen atoms in total. The summed E-state index contributed by atoms with van der Waals surface area (Å²) >= 11 is 0. The van der Waals surface area contributed by atoms with Crippen molar-refractivity contribution in [3.05, 3.63) is 59.8 Å². The number of alkyl halides is 3. The third-order valence-corrected chi connectivity index (χ3v) is 6.99. The summed E-state index contributed by atoms with van der Waals surface area (Å²) in [5.41, 5.74) is 1.29. The van der Waals surface area contributed by atoms with Crippen molar-refractivity contribution in [2.75, 3.05) is 14.1 Å². The van der Waals surface area contributed by atoms with Gasteiger partial charge in [0.1, 0.15) is 0 Å². The minimum Gasteiger partial charge on any atom is -0.347 e. The molecule has 0 saturated heterocycles. The zero-order chi connectivity index (χ0) is 24.8. The van der Waals surface area contributed by atoms with Gasteiger partial charge in [-0.25, -0.2) is 0 Å². The molecular formula is C24H30F3N3O2S. The van der Waals surface area contributed by atoms with Gasteiger partial charge >= 0.3 is 6.18 Å². The van der Waals surface area contributed by atoms with Crippen LogP contribution in [0.2, 0.25) is 0 Å². The third kappa shape index (κ3) is 5.59. The van der Waals surface area contributed by atoms with Crippen LogP contribution >= 0.6 is 0 Å². The van der Waals surface area contributed by atoms with E-state index in [4.69, 9.17) is 0 Å². The van der Waals surface area contributed by atoms with Crippen molar-refractivity contribution in [2.45, 2.75) is 46.5 Å². The maximum atomic E-state index is 13.6. The van der Waals surface area contributed by atoms with Gasteiger partial charge in [-0.05, 0) is 41.2 Å². The van der Waals surface area contributed by atoms with Gasteiger partial charge in [0, 0.05) is 43.8 Å². The highest BCUT2D eigenvalue weighted by Crippen LogP contribution is 2.39. The molecule has 0 spiro atoms. The monoisotopic (exact) mass is 481 g/mol. The van der Waals surface area contributed by atoms with Crippen molar-refractivity contribution < 1.29 is 21.6 Å². The molecule has 1 heterocycles. The number of benzene rings is 2. The van der Waals surface area contributed by atoms with E-state index in [1.165, 1.54) is 26.2 Å². The average molecular weight is 482 g/mol. The maximum absolute atomic E-state index is 13.6. The minimum atomic E-state index is -4.47. The number of nitrogens with one attached hydrogen (secondary N) is 1. The molecule has 0 fully saturated rings. The average Bonchev–Trinajstić information content (AvgIpc) is 3.03. The summed E-state index contributed by atoms with van der Waals surface area (Å²) in [5.74, 6) is 0. The second-order valence-electron chi connectivity index (χ2n) is 9.68. The van der Waals surface area contributed by atoms with Gasteiger partial charge in [0.15, 0.2) is 0 Å². The quantitative estimate of drug-likeness (QED) is 0.482. The van der Waals surface area contributed by atoms with E-state index in [1.54, 1.807) is 31.2 Å². The first-order chi connectivity index (χ1) is 15.1. The molecule has 3 rings (SSSR count). The molecule has 0 amide bonds. The van der Waals surface area contributed by atoms with Gasteiger partial charge in [0.25, 0.3) is 10.2 Å². The highest BCUT2D eigenvalue weighted by atomic mass is 32.2. The molecule has 0 radical (unpaired) electrons. The van der Waals surface area contributed by atoms with Crippen LogP contribution in [-0.2, 0) is 22.9 Å². The van der Waals surface area contributed by atoms with Crippen LogP contribution in [0.15, 0.2) is 48.7 Å². The lowest BCUT2D eigenvalue weighted by molar-refractivity contribution is -0.137. The predicted molar refractivity (Wildman–Crippen MR) is 126 cm³/mol. The van der Waals surface area contributed by atoms with E-state index < -0.39 is 28.0 Å². The molecule has 1 atom stereocenters. The first-order valence-electron chi connectivity index (χ1n) is 10.6. The van der Waals surface area contributed by atoms with Gasteiger partial charge in [-0.15, -0.1) is 0 Å². The fourth-order valence-corrected chi connectivity index (χ4v) is 4.63. The summed E-state index contributed by atoms with van der Waals surface area (Å²) in [6, 6.07) is 10.2. The molecule has 180 valence electrons. The van der Waals surface area contributed by atoms with Crippen LogP contribution in [0.4, 0.5) is 13.2 Å². The number of nitrogens with zero attached hydrogens (tertiary/aromatic N) is 2. The van der Waals surface area contributed by atoms with Crippen LogP contribution in [0.25, 0.3) is 22.0 Å². The molecule has 0 aliphatic heterocycles. The van der Waals surface area contributed by atoms with Crippen LogP contribution in [0, 0.1) is 5.41 Å². The maximum Gasteiger partial charge on any atom is 0.417 e. The molecule has 0 aliphatic carbocycles. The second kappa shape index (κ2) is 8.77. The number of hydrogen-bond donors (Lipinski definition) is 1. The lowest BCUT2D eigenvalue weighted by Crippen LogP contribution is -2.37. The van der Waals surface area contributed by atoms with E-state index in [9.17, 15) is 21.6 Å². The topological polar surface area (TPSA) is 54.3 Å². The van der Waals surface area contributed by atoms with Crippen LogP contribution in [0.3, 0.4) is 0 Å². The first-order valence-corrected chi connectivity index (χ1v) is 12.0. The summed E-state index contributed by atoms with van der Waals surface area (Å²) in [6.45, 7) is 8.57. The summed E-state index contributed by atoms with van der Waals surface area (Å²) in [5, 5.41) is 0.793. The van der Waals surface area contributed by atoms with E-state index in [1.807, 2.05) is 10.8 Å². The Morgan fingerprint density at radius 2 is 1.70 bits per heavy atom. The van der Waals surface area contributed by atoms with Gasteiger partial charge in [-0.2, -0.15) is 30.6 Å². The van der Waals surface area contributed by atoms with E-state index >= 15 is 0 Å². The standard InChI is InChI=1S/C24H30F3N3O2S/c1-16(28-33(31,32)29(5)6)20-14-30(15-23(2,3)4)22-13-17(11-12-19(20)22)18-9-7-8-10-21(18)24(25,26)27/h7-14,16,28H,15H2,1-6H3/t16-/m1/s1. The highest BCUT2D eigenvalue weighted by molar-refractivity contribution is 7.87. The Morgan fingerprint density at radius 1 is 1.06 bits per heavy atom. The summed E-state index contributed by atoms with van der Waals surface area (Å²) < 4.78 is 71.3. The van der Waals surface area contributed by atoms with E-state index in [0.29, 0.717) is 12.1 Å². The molecule has 0 unspecified atom stereocenters. The van der Waals surface area contributed by atoms with Crippen LogP contribution in [0.5, 0.6) is 0 Å². The van der Waals surface area contributed by atoms with Crippen molar-refractivity contribution in [1.82, 2.24) is 13.6 Å². The minimum absolute atomic E-state index is 0.102. The molecule has 2 aromatic carbocycles. The lowest BCUT2D eigenvalue weighted by Gasteiger charge is -2.20. The van der Waals surface area contributed by atoms with Crippen molar-refractivity contribution in [1.29, 1.82) is 0 Å². The van der Waals surface area contributed by atoms with Crippen molar-refractivity contribution >= 4 is 21.1 Å². The molecule has 1 aromatic heterocycles. The van der Waals surface area contributed by atoms with Crippen LogP contribution in [-0.4, -0.2) is 31.4 Å². The number of aromatic nitrogens is 1. The Balaban J connectivity index is 2.19. The van der Waals surface area contributed by atoms with Crippen molar-refractivity contribution in [2.24, 2.45) is 5.41 Å². The van der Waals surface area contributed by atoms with Gasteiger partial charge in [0.05, 0.1) is 5.56 Å². The van der Waals surface area contributed by atoms with Crippen molar-refractivity contribution in [3.63, 3.8) is 0 Å². The van der Waals surface area contributed by atoms with E-state index in [-0.39, 0.29) is 11.0 Å². The Kier molecular flexibility index (Phi) is 6.72. The number of rotatable bonds is 6. The first kappa shape index (κ1) is 25.3. The molecule has 0 saturated carbocycles. The molecule has 3 aromatic rings. The van der Waals surface area contributed by atoms with Gasteiger partial charge in [0.2, 0.25) is 0 Å². The number of fused-ring (bicyclic) bond motifs is 1. The van der Waals surface area contributed by atoms with E-state index in [2.05, 4.69) is 25.5 Å². The van der Waals surface area contributed by atoms with Gasteiger partial charge in [-0.1, -0.05) is 51.1 Å². The molecule has 9 heteroatoms. The SMILES string of the molecule is C[C@@H](NS(=O)(=O)N(C)C)c1cn(CC(C)(C)C)c2cc(-c3ccccc3C(F)(F)F)ccc12. The normalized spacial score (nSPS) is 14.2. The Morgan fingerprint density at radius 3 is 2.27 bits per heavy atom. The molecule has 0 aliphatic rings. The Bertz CT molecular complexity index is 1260. The Labute approximate surface area is 193 Å². The summed E-state index contributed by atoms with van der Waals surface area (Å²) in [6.07, 6.45) is -2.58. The molecule has 0 bridgehead atoms. The summed E-state index contributed by atoms with van der Waals surface area (Å²) in [4.78, 5) is 0. The van der Waals surface area contributed by atoms with Crippen LogP contribution in [0.1, 0.15) is 44.9 Å². The zero-order valence-corrected chi connectivity index (χ0v) is 20.5. The highest BCUT2D eigenvalue weighted by Gasteiger charge is 2.33. The second-order valence-corrected chi connectivity index (χ2v) is 11.6. The fraction of sp³-hybridized carbons (Fsp3) is 0.417. The molecule has 33 heavy (non-hydrogen) atoms. The van der Waals surface area contributed by atoms with Crippen molar-refractivity contribution in [3.8, 4) is 11.1 Å². The Hall–Kier alpha value is -2.36. The predicted octanol–water partition coefficient (Wildman–Crippen LogP) is 5.83. The number of halogens is 3. The molecule has 1 N–H and O–H groups in total. The van der Waals surface area contributed by atoms with Gasteiger partial charge in [-0.3, -0.25) is 0 Å². The van der Waals surface area contributed by atoms with Crippen LogP contribution < -0.4 is 4.72 Å². The third-order valence-electron chi connectivity index (χ3n) is 5.37. The number of hydrogen-bond acceptors (Lipinski definition) is 2. The van der Waals surface area contributed by atoms with E-state index in [0.717, 1.165) is 26.8 Å². The lowest BCUT2D eigenvalue weighted by atomic mass is 9.96. The fourth-order valence-electron chi connectivity index (χ4n) is 3.85.